The predicted molar refractivity (Wildman–Crippen MR) is 76.7 cm³/mol. The molecule has 21 heavy (non-hydrogen) atoms. The third-order valence-electron chi connectivity index (χ3n) is 3.03. The monoisotopic (exact) mass is 405 g/mol. The van der Waals surface area contributed by atoms with Crippen molar-refractivity contribution in [3.8, 4) is 0 Å². The van der Waals surface area contributed by atoms with E-state index in [1.165, 1.54) is 12.1 Å². The Morgan fingerprint density at radius 2 is 1.95 bits per heavy atom. The van der Waals surface area contributed by atoms with E-state index in [0.717, 1.165) is 0 Å². The molecule has 0 atom stereocenters. The van der Waals surface area contributed by atoms with Crippen LogP contribution in [0.15, 0.2) is 27.6 Å². The molecule has 0 heterocycles. The highest BCUT2D eigenvalue weighted by Crippen LogP contribution is 2.37. The van der Waals surface area contributed by atoms with E-state index in [-0.39, 0.29) is 15.2 Å². The number of hydrogen-bond donors (Lipinski definition) is 0. The molecule has 3 nitrogen and oxygen atoms in total. The Morgan fingerprint density at radius 1 is 1.33 bits per heavy atom. The molecule has 1 aliphatic rings. The number of rotatable bonds is 5. The van der Waals surface area contributed by atoms with Gasteiger partial charge in [-0.1, -0.05) is 6.07 Å². The molecule has 0 amide bonds. The van der Waals surface area contributed by atoms with Crippen LogP contribution in [0.1, 0.15) is 18.4 Å². The van der Waals surface area contributed by atoms with Gasteiger partial charge in [0, 0.05) is 16.4 Å². The van der Waals surface area contributed by atoms with Crippen molar-refractivity contribution >= 4 is 37.6 Å². The van der Waals surface area contributed by atoms with Crippen LogP contribution in [0.4, 0.5) is 13.2 Å². The molecule has 0 bridgehead atoms. The second-order valence-electron chi connectivity index (χ2n) is 4.80. The quantitative estimate of drug-likeness (QED) is 0.696. The third kappa shape index (κ3) is 4.12. The average Bonchev–Trinajstić information content (AvgIpc) is 3.19. The molecule has 1 aliphatic carbocycles. The van der Waals surface area contributed by atoms with Crippen molar-refractivity contribution in [2.45, 2.75) is 35.8 Å². The van der Waals surface area contributed by atoms with Crippen molar-refractivity contribution in [3.05, 3.63) is 28.2 Å². The molecule has 0 aliphatic heterocycles. The Bertz CT molecular complexity index is 632. The van der Waals surface area contributed by atoms with Gasteiger partial charge in [0.2, 0.25) is 10.0 Å². The first-order valence-corrected chi connectivity index (χ1v) is 8.85. The Balaban J connectivity index is 2.43. The van der Waals surface area contributed by atoms with E-state index in [2.05, 4.69) is 15.9 Å². The zero-order valence-corrected chi connectivity index (χ0v) is 13.9. The number of nitrogens with zero attached hydrogens (tertiary/aromatic N) is 1. The Labute approximate surface area is 134 Å². The molecule has 1 saturated carbocycles. The summed E-state index contributed by atoms with van der Waals surface area (Å²) < 4.78 is 63.8. The number of hydrogen-bond acceptors (Lipinski definition) is 2. The second kappa shape index (κ2) is 6.06. The largest absolute Gasteiger partial charge is 0.402 e. The lowest BCUT2D eigenvalue weighted by Gasteiger charge is -2.24. The maximum absolute atomic E-state index is 12.6. The molecule has 0 unspecified atom stereocenters. The highest BCUT2D eigenvalue weighted by atomic mass is 79.9. The summed E-state index contributed by atoms with van der Waals surface area (Å²) in [6.45, 7) is -1.47. The van der Waals surface area contributed by atoms with Crippen LogP contribution >= 0.6 is 27.5 Å². The minimum atomic E-state index is -4.58. The van der Waals surface area contributed by atoms with Gasteiger partial charge in [-0.05, 0) is 46.5 Å². The zero-order valence-electron chi connectivity index (χ0n) is 10.7. The van der Waals surface area contributed by atoms with Crippen LogP contribution in [0.2, 0.25) is 0 Å². The minimum absolute atomic E-state index is 0.0818. The van der Waals surface area contributed by atoms with Gasteiger partial charge in [0.25, 0.3) is 0 Å². The maximum Gasteiger partial charge on any atom is 0.402 e. The van der Waals surface area contributed by atoms with Gasteiger partial charge in [-0.25, -0.2) is 8.42 Å². The van der Waals surface area contributed by atoms with Crippen molar-refractivity contribution in [1.82, 2.24) is 4.31 Å². The first kappa shape index (κ1) is 17.1. The van der Waals surface area contributed by atoms with E-state index in [9.17, 15) is 21.6 Å². The SMILES string of the molecule is O=S(=O)(c1cc(CCl)ccc1Br)N(CC(F)(F)F)C1CC1. The molecule has 9 heteroatoms. The first-order chi connectivity index (χ1) is 9.65. The molecule has 1 fully saturated rings. The summed E-state index contributed by atoms with van der Waals surface area (Å²) in [6.07, 6.45) is -3.68. The van der Waals surface area contributed by atoms with Crippen LogP contribution in [-0.4, -0.2) is 31.5 Å². The Kier molecular flexibility index (Phi) is 4.92. The number of sulfonamides is 1. The summed E-state index contributed by atoms with van der Waals surface area (Å²) in [6, 6.07) is 3.81. The van der Waals surface area contributed by atoms with Gasteiger partial charge in [0.05, 0.1) is 4.90 Å². The van der Waals surface area contributed by atoms with E-state index in [1.54, 1.807) is 6.07 Å². The molecule has 1 aromatic carbocycles. The van der Waals surface area contributed by atoms with Crippen LogP contribution in [-0.2, 0) is 15.9 Å². The topological polar surface area (TPSA) is 37.4 Å². The number of alkyl halides is 4. The van der Waals surface area contributed by atoms with Crippen molar-refractivity contribution in [3.63, 3.8) is 0 Å². The van der Waals surface area contributed by atoms with Gasteiger partial charge in [-0.3, -0.25) is 0 Å². The lowest BCUT2D eigenvalue weighted by molar-refractivity contribution is -0.137. The zero-order chi connectivity index (χ0) is 15.8. The molecule has 0 radical (unpaired) electrons. The summed E-state index contributed by atoms with van der Waals surface area (Å²) in [7, 11) is -4.23. The summed E-state index contributed by atoms with van der Waals surface area (Å²) in [5, 5.41) is 0. The molecule has 0 N–H and O–H groups in total. The molecule has 118 valence electrons. The molecule has 2 rings (SSSR count). The summed E-state index contributed by atoms with van der Waals surface area (Å²) >= 11 is 8.74. The van der Waals surface area contributed by atoms with Crippen molar-refractivity contribution in [1.29, 1.82) is 0 Å². The van der Waals surface area contributed by atoms with Gasteiger partial charge in [0.15, 0.2) is 0 Å². The van der Waals surface area contributed by atoms with E-state index in [0.29, 0.717) is 22.7 Å². The van der Waals surface area contributed by atoms with E-state index in [1.807, 2.05) is 0 Å². The van der Waals surface area contributed by atoms with Gasteiger partial charge >= 0.3 is 6.18 Å². The number of benzene rings is 1. The van der Waals surface area contributed by atoms with Crippen molar-refractivity contribution in [2.75, 3.05) is 6.54 Å². The maximum atomic E-state index is 12.6. The summed E-state index contributed by atoms with van der Waals surface area (Å²) in [5.74, 6) is 0.0818. The van der Waals surface area contributed by atoms with Gasteiger partial charge in [-0.2, -0.15) is 17.5 Å². The summed E-state index contributed by atoms with van der Waals surface area (Å²) in [4.78, 5) is -0.184. The highest BCUT2D eigenvalue weighted by molar-refractivity contribution is 9.10. The number of halogens is 5. The lowest BCUT2D eigenvalue weighted by atomic mass is 10.2. The van der Waals surface area contributed by atoms with Crippen LogP contribution in [0.3, 0.4) is 0 Å². The fourth-order valence-electron chi connectivity index (χ4n) is 1.90. The van der Waals surface area contributed by atoms with Crippen molar-refractivity contribution < 1.29 is 21.6 Å². The highest BCUT2D eigenvalue weighted by Gasteiger charge is 2.45. The first-order valence-electron chi connectivity index (χ1n) is 6.08. The molecule has 0 aromatic heterocycles. The van der Waals surface area contributed by atoms with Gasteiger partial charge in [-0.15, -0.1) is 11.6 Å². The molecule has 0 saturated heterocycles. The minimum Gasteiger partial charge on any atom is -0.207 e. The molecule has 1 aromatic rings. The van der Waals surface area contributed by atoms with Crippen molar-refractivity contribution in [2.24, 2.45) is 0 Å². The molecule has 0 spiro atoms. The smallest absolute Gasteiger partial charge is 0.207 e. The Hall–Kier alpha value is -0.310. The van der Waals surface area contributed by atoms with E-state index in [4.69, 9.17) is 11.6 Å². The van der Waals surface area contributed by atoms with Crippen LogP contribution in [0.5, 0.6) is 0 Å². The Morgan fingerprint density at radius 3 is 2.43 bits per heavy atom. The third-order valence-corrected chi connectivity index (χ3v) is 6.23. The molecular weight excluding hydrogens is 395 g/mol. The van der Waals surface area contributed by atoms with E-state index >= 15 is 0 Å². The lowest BCUT2D eigenvalue weighted by Crippen LogP contribution is -2.40. The average molecular weight is 407 g/mol. The normalized spacial score (nSPS) is 16.5. The van der Waals surface area contributed by atoms with Crippen LogP contribution in [0.25, 0.3) is 0 Å². The van der Waals surface area contributed by atoms with Gasteiger partial charge < -0.3 is 0 Å². The predicted octanol–water partition coefficient (Wildman–Crippen LogP) is 3.90. The van der Waals surface area contributed by atoms with Crippen LogP contribution in [0, 0.1) is 0 Å². The molecular formula is C12H12BrClF3NO2S. The second-order valence-corrected chi connectivity index (χ2v) is 7.78. The fourth-order valence-corrected chi connectivity index (χ4v) is 4.72. The fraction of sp³-hybridized carbons (Fsp3) is 0.500. The standard InChI is InChI=1S/C12H12BrClF3NO2S/c13-10-4-1-8(6-14)5-11(10)21(19,20)18(9-2-3-9)7-12(15,16)17/h1,4-5,9H,2-3,6-7H2. The van der Waals surface area contributed by atoms with E-state index < -0.39 is 28.8 Å². The van der Waals surface area contributed by atoms with Gasteiger partial charge in [0.1, 0.15) is 6.54 Å². The summed E-state index contributed by atoms with van der Waals surface area (Å²) in [5.41, 5.74) is 0.529. The van der Waals surface area contributed by atoms with Crippen LogP contribution < -0.4 is 0 Å².